The zero-order valence-electron chi connectivity index (χ0n) is 9.41. The van der Waals surface area contributed by atoms with E-state index in [0.717, 1.165) is 6.04 Å². The average Bonchev–Trinajstić information content (AvgIpc) is 2.30. The van der Waals surface area contributed by atoms with Gasteiger partial charge in [0.05, 0.1) is 0 Å². The molecule has 2 atom stereocenters. The van der Waals surface area contributed by atoms with Crippen molar-refractivity contribution in [2.24, 2.45) is 0 Å². The third-order valence-electron chi connectivity index (χ3n) is 2.46. The Labute approximate surface area is 93.5 Å². The zero-order valence-corrected chi connectivity index (χ0v) is 10.2. The Morgan fingerprint density at radius 1 is 1.53 bits per heavy atom. The molecule has 1 rings (SSSR count). The molecule has 2 unspecified atom stereocenters. The Morgan fingerprint density at radius 3 is 2.33 bits per heavy atom. The molecule has 1 aliphatic rings. The van der Waals surface area contributed by atoms with Crippen LogP contribution in [0, 0.1) is 0 Å². The lowest BCUT2D eigenvalue weighted by Crippen LogP contribution is -2.47. The van der Waals surface area contributed by atoms with E-state index in [1.807, 2.05) is 0 Å². The molecule has 1 aliphatic heterocycles. The lowest BCUT2D eigenvalue weighted by atomic mass is 10.2. The van der Waals surface area contributed by atoms with Crippen molar-refractivity contribution in [2.75, 3.05) is 32.2 Å². The molecule has 6 heteroatoms. The van der Waals surface area contributed by atoms with Gasteiger partial charge in [-0.25, -0.2) is 8.60 Å². The van der Waals surface area contributed by atoms with Crippen molar-refractivity contribution in [2.45, 2.75) is 26.3 Å². The van der Waals surface area contributed by atoms with Crippen LogP contribution >= 0.6 is 0 Å². The highest BCUT2D eigenvalue weighted by Gasteiger charge is 2.13. The summed E-state index contributed by atoms with van der Waals surface area (Å²) in [5.41, 5.74) is 0. The molecular formula is C9H21FN2O2S. The number of halogens is 1. The largest absolute Gasteiger partial charge is 0.314 e. The molecule has 92 valence electrons. The fourth-order valence-electron chi connectivity index (χ4n) is 1.38. The summed E-state index contributed by atoms with van der Waals surface area (Å²) in [6.45, 7) is 9.37. The van der Waals surface area contributed by atoms with Gasteiger partial charge in [-0.1, -0.05) is 6.92 Å². The van der Waals surface area contributed by atoms with E-state index in [0.29, 0.717) is 0 Å². The lowest BCUT2D eigenvalue weighted by molar-refractivity contribution is 0.180. The van der Waals surface area contributed by atoms with Gasteiger partial charge in [0.25, 0.3) is 0 Å². The van der Waals surface area contributed by atoms with Gasteiger partial charge in [0, 0.05) is 32.2 Å². The maximum atomic E-state index is 10.6. The van der Waals surface area contributed by atoms with E-state index in [-0.39, 0.29) is 0 Å². The van der Waals surface area contributed by atoms with Crippen LogP contribution in [0.1, 0.15) is 20.3 Å². The predicted octanol–water partition coefficient (Wildman–Crippen LogP) is 0.825. The molecule has 0 amide bonds. The standard InChI is InChI=1S/C8H18N2.CH3FO2S/c1-3-8(2)10-6-4-9-5-7-10;2-1-5(3)4/h8-9H,3-7H2,1-2H3;1H2,(H,3,4). The molecule has 1 fully saturated rings. The highest BCUT2D eigenvalue weighted by atomic mass is 32.2. The third-order valence-corrected chi connectivity index (χ3v) is 2.65. The number of nitrogens with zero attached hydrogens (tertiary/aromatic N) is 1. The summed E-state index contributed by atoms with van der Waals surface area (Å²) in [5.74, 6) is 0. The monoisotopic (exact) mass is 240 g/mol. The van der Waals surface area contributed by atoms with Crippen molar-refractivity contribution in [1.29, 1.82) is 0 Å². The van der Waals surface area contributed by atoms with Crippen molar-refractivity contribution in [3.05, 3.63) is 0 Å². The number of nitrogens with one attached hydrogen (secondary N) is 1. The minimum atomic E-state index is -2.24. The van der Waals surface area contributed by atoms with E-state index in [2.05, 4.69) is 24.1 Å². The van der Waals surface area contributed by atoms with Crippen LogP contribution < -0.4 is 5.32 Å². The highest BCUT2D eigenvalue weighted by molar-refractivity contribution is 7.79. The molecule has 0 aromatic carbocycles. The van der Waals surface area contributed by atoms with Gasteiger partial charge in [-0.05, 0) is 13.3 Å². The summed E-state index contributed by atoms with van der Waals surface area (Å²) in [4.78, 5) is 2.55. The minimum Gasteiger partial charge on any atom is -0.314 e. The first-order valence-corrected chi connectivity index (χ1v) is 6.47. The number of hydrogen-bond donors (Lipinski definition) is 2. The quantitative estimate of drug-likeness (QED) is 0.717. The Bertz CT molecular complexity index is 177. The van der Waals surface area contributed by atoms with Gasteiger partial charge in [-0.15, -0.1) is 0 Å². The molecule has 0 radical (unpaired) electrons. The maximum Gasteiger partial charge on any atom is 0.190 e. The Balaban J connectivity index is 0.000000336. The van der Waals surface area contributed by atoms with E-state index in [4.69, 9.17) is 8.76 Å². The van der Waals surface area contributed by atoms with E-state index < -0.39 is 17.1 Å². The van der Waals surface area contributed by atoms with Crippen molar-refractivity contribution in [3.63, 3.8) is 0 Å². The van der Waals surface area contributed by atoms with Gasteiger partial charge < -0.3 is 9.87 Å². The fraction of sp³-hybridized carbons (Fsp3) is 1.00. The Hall–Kier alpha value is -0.0400. The lowest BCUT2D eigenvalue weighted by Gasteiger charge is -2.32. The molecule has 2 N–H and O–H groups in total. The second-order valence-electron chi connectivity index (χ2n) is 3.47. The first-order chi connectivity index (χ1) is 7.11. The van der Waals surface area contributed by atoms with E-state index in [1.165, 1.54) is 32.6 Å². The first-order valence-electron chi connectivity index (χ1n) is 5.20. The molecule has 0 spiro atoms. The summed E-state index contributed by atoms with van der Waals surface area (Å²) >= 11 is -2.24. The van der Waals surface area contributed by atoms with Crippen molar-refractivity contribution >= 4 is 11.1 Å². The number of hydrogen-bond acceptors (Lipinski definition) is 3. The molecule has 1 heterocycles. The Kier molecular flexibility index (Phi) is 9.18. The van der Waals surface area contributed by atoms with Gasteiger partial charge in [-0.2, -0.15) is 0 Å². The van der Waals surface area contributed by atoms with Crippen LogP contribution in [0.25, 0.3) is 0 Å². The Morgan fingerprint density at radius 2 is 2.00 bits per heavy atom. The SMILES string of the molecule is CCC(C)N1CCNCC1.O=S(O)CF. The van der Waals surface area contributed by atoms with Gasteiger partial charge >= 0.3 is 0 Å². The number of alkyl halides is 1. The van der Waals surface area contributed by atoms with Crippen molar-refractivity contribution < 1.29 is 13.2 Å². The van der Waals surface area contributed by atoms with Gasteiger partial charge in [0.1, 0.15) is 0 Å². The van der Waals surface area contributed by atoms with Crippen LogP contribution in [-0.4, -0.2) is 51.9 Å². The smallest absolute Gasteiger partial charge is 0.190 e. The highest BCUT2D eigenvalue weighted by Crippen LogP contribution is 2.03. The molecule has 0 saturated carbocycles. The van der Waals surface area contributed by atoms with E-state index >= 15 is 0 Å². The van der Waals surface area contributed by atoms with Crippen LogP contribution in [0.15, 0.2) is 0 Å². The molecule has 0 aliphatic carbocycles. The molecule has 1 saturated heterocycles. The zero-order chi connectivity index (χ0) is 11.7. The van der Waals surface area contributed by atoms with Crippen LogP contribution in [0.4, 0.5) is 4.39 Å². The number of rotatable bonds is 3. The maximum absolute atomic E-state index is 10.6. The summed E-state index contributed by atoms with van der Waals surface area (Å²) < 4.78 is 27.1. The second-order valence-corrected chi connectivity index (χ2v) is 4.34. The normalized spacial score (nSPS) is 21.3. The fourth-order valence-corrected chi connectivity index (χ4v) is 1.38. The molecule has 0 aromatic rings. The van der Waals surface area contributed by atoms with Crippen LogP contribution in [-0.2, 0) is 11.1 Å². The van der Waals surface area contributed by atoms with Crippen molar-refractivity contribution in [3.8, 4) is 0 Å². The molecule has 4 nitrogen and oxygen atoms in total. The molecule has 0 aromatic heterocycles. The van der Waals surface area contributed by atoms with Crippen LogP contribution in [0.5, 0.6) is 0 Å². The predicted molar refractivity (Wildman–Crippen MR) is 60.9 cm³/mol. The summed E-state index contributed by atoms with van der Waals surface area (Å²) in [6, 6.07) is -0.387. The van der Waals surface area contributed by atoms with Crippen LogP contribution in [0.2, 0.25) is 0 Å². The summed E-state index contributed by atoms with van der Waals surface area (Å²) in [5, 5.41) is 3.35. The second kappa shape index (κ2) is 9.21. The van der Waals surface area contributed by atoms with Crippen LogP contribution in [0.3, 0.4) is 0 Å². The number of piperazine rings is 1. The summed E-state index contributed by atoms with van der Waals surface area (Å²) in [6.07, 6.45) is 1.28. The average molecular weight is 240 g/mol. The molecular weight excluding hydrogens is 219 g/mol. The summed E-state index contributed by atoms with van der Waals surface area (Å²) in [7, 11) is 0. The van der Waals surface area contributed by atoms with Gasteiger partial charge in [0.2, 0.25) is 0 Å². The van der Waals surface area contributed by atoms with Gasteiger partial charge in [-0.3, -0.25) is 4.90 Å². The van der Waals surface area contributed by atoms with Gasteiger partial charge in [0.15, 0.2) is 17.1 Å². The molecule has 0 bridgehead atoms. The van der Waals surface area contributed by atoms with E-state index in [1.54, 1.807) is 0 Å². The first kappa shape index (κ1) is 15.0. The third kappa shape index (κ3) is 7.84. The minimum absolute atomic E-state index is 0.780. The van der Waals surface area contributed by atoms with Crippen molar-refractivity contribution in [1.82, 2.24) is 10.2 Å². The topological polar surface area (TPSA) is 52.6 Å². The molecule has 15 heavy (non-hydrogen) atoms. The van der Waals surface area contributed by atoms with E-state index in [9.17, 15) is 4.39 Å².